The molecule has 0 spiro atoms. The number of aryl methyl sites for hydroxylation is 1. The fourth-order valence-corrected chi connectivity index (χ4v) is 5.82. The summed E-state index contributed by atoms with van der Waals surface area (Å²) in [6.07, 6.45) is 3.24. The van der Waals surface area contributed by atoms with Gasteiger partial charge in [0.1, 0.15) is 4.21 Å². The number of hydrogen-bond acceptors (Lipinski definition) is 5. The lowest BCUT2D eigenvalue weighted by molar-refractivity contribution is -0.118. The molecule has 1 aliphatic carbocycles. The van der Waals surface area contributed by atoms with Crippen LogP contribution in [0.1, 0.15) is 41.8 Å². The van der Waals surface area contributed by atoms with Gasteiger partial charge in [-0.05, 0) is 61.1 Å². The van der Waals surface area contributed by atoms with Crippen molar-refractivity contribution in [3.8, 4) is 0 Å². The number of benzene rings is 1. The van der Waals surface area contributed by atoms with Crippen LogP contribution in [-0.4, -0.2) is 20.9 Å². The van der Waals surface area contributed by atoms with Gasteiger partial charge in [-0.1, -0.05) is 6.07 Å². The van der Waals surface area contributed by atoms with E-state index in [1.54, 1.807) is 12.1 Å². The van der Waals surface area contributed by atoms with Crippen LogP contribution in [0.3, 0.4) is 0 Å². The summed E-state index contributed by atoms with van der Waals surface area (Å²) >= 11 is 1.24. The molecule has 1 heterocycles. The van der Waals surface area contributed by atoms with E-state index in [0.29, 0.717) is 22.9 Å². The monoisotopic (exact) mass is 429 g/mol. The normalized spacial score (nSPS) is 16.3. The van der Waals surface area contributed by atoms with Crippen molar-refractivity contribution in [2.75, 3.05) is 12.3 Å². The average Bonchev–Trinajstić information content (AvgIpc) is 3.04. The van der Waals surface area contributed by atoms with Crippen LogP contribution >= 0.6 is 23.7 Å². The Morgan fingerprint density at radius 3 is 2.81 bits per heavy atom. The lowest BCUT2D eigenvalue weighted by Gasteiger charge is -2.26. The molecular formula is C18H24ClN3O3S2. The van der Waals surface area contributed by atoms with E-state index in [4.69, 9.17) is 5.73 Å². The highest BCUT2D eigenvalue weighted by molar-refractivity contribution is 7.91. The first kappa shape index (κ1) is 21.7. The van der Waals surface area contributed by atoms with Crippen LogP contribution < -0.4 is 15.8 Å². The van der Waals surface area contributed by atoms with Crippen molar-refractivity contribution in [2.45, 2.75) is 42.9 Å². The topological polar surface area (TPSA) is 101 Å². The number of hydrogen-bond donors (Lipinski definition) is 3. The smallest absolute Gasteiger partial charge is 0.250 e. The molecule has 0 aliphatic heterocycles. The first-order valence-corrected chi connectivity index (χ1v) is 10.9. The number of rotatable bonds is 6. The van der Waals surface area contributed by atoms with E-state index in [2.05, 4.69) is 10.0 Å². The Morgan fingerprint density at radius 2 is 2.07 bits per heavy atom. The minimum absolute atomic E-state index is 0. The third-order valence-electron chi connectivity index (χ3n) is 4.43. The maximum Gasteiger partial charge on any atom is 0.250 e. The Kier molecular flexibility index (Phi) is 7.27. The van der Waals surface area contributed by atoms with Gasteiger partial charge in [-0.15, -0.1) is 23.7 Å². The summed E-state index contributed by atoms with van der Waals surface area (Å²) in [5.41, 5.74) is 8.67. The van der Waals surface area contributed by atoms with Gasteiger partial charge in [-0.2, -0.15) is 0 Å². The van der Waals surface area contributed by atoms with Crippen molar-refractivity contribution in [3.63, 3.8) is 0 Å². The minimum Gasteiger partial charge on any atom is -0.399 e. The third-order valence-corrected chi connectivity index (χ3v) is 7.53. The summed E-state index contributed by atoms with van der Waals surface area (Å²) in [6.45, 7) is 1.96. The van der Waals surface area contributed by atoms with Gasteiger partial charge < -0.3 is 11.1 Å². The second kappa shape index (κ2) is 9.05. The largest absolute Gasteiger partial charge is 0.399 e. The highest BCUT2D eigenvalue weighted by atomic mass is 35.5. The number of carbonyl (C=O) groups is 1. The van der Waals surface area contributed by atoms with E-state index in [0.717, 1.165) is 35.3 Å². The summed E-state index contributed by atoms with van der Waals surface area (Å²) < 4.78 is 28.7. The van der Waals surface area contributed by atoms with E-state index in [9.17, 15) is 13.2 Å². The van der Waals surface area contributed by atoms with Gasteiger partial charge in [-0.3, -0.25) is 4.79 Å². The van der Waals surface area contributed by atoms with Crippen LogP contribution in [0.4, 0.5) is 5.69 Å². The predicted molar refractivity (Wildman–Crippen MR) is 111 cm³/mol. The van der Waals surface area contributed by atoms with E-state index in [1.165, 1.54) is 18.3 Å². The van der Waals surface area contributed by atoms with Crippen molar-refractivity contribution in [2.24, 2.45) is 0 Å². The van der Waals surface area contributed by atoms with E-state index in [-0.39, 0.29) is 24.4 Å². The Morgan fingerprint density at radius 1 is 1.30 bits per heavy atom. The van der Waals surface area contributed by atoms with Crippen molar-refractivity contribution >= 4 is 45.4 Å². The second-order valence-electron chi connectivity index (χ2n) is 6.48. The maximum absolute atomic E-state index is 12.8. The minimum atomic E-state index is -3.58. The Hall–Kier alpha value is -1.61. The third kappa shape index (κ3) is 5.44. The van der Waals surface area contributed by atoms with Crippen LogP contribution in [-0.2, 0) is 27.7 Å². The number of fused-ring (bicyclic) bond motifs is 1. The van der Waals surface area contributed by atoms with Crippen molar-refractivity contribution in [3.05, 3.63) is 46.3 Å². The van der Waals surface area contributed by atoms with Crippen LogP contribution in [0, 0.1) is 0 Å². The van der Waals surface area contributed by atoms with E-state index < -0.39 is 10.0 Å². The molecule has 0 bridgehead atoms. The molecule has 1 aromatic heterocycles. The molecule has 1 aromatic carbocycles. The Bertz CT molecular complexity index is 912. The molecule has 3 rings (SSSR count). The maximum atomic E-state index is 12.8. The highest BCUT2D eigenvalue weighted by Crippen LogP contribution is 2.33. The number of nitrogens with two attached hydrogens (primary N) is 1. The summed E-state index contributed by atoms with van der Waals surface area (Å²) in [6, 6.07) is 8.87. The summed E-state index contributed by atoms with van der Waals surface area (Å²) in [5.74, 6) is -0.0901. The molecule has 6 nitrogen and oxygen atoms in total. The van der Waals surface area contributed by atoms with Gasteiger partial charge in [0.25, 0.3) is 10.0 Å². The first-order valence-electron chi connectivity index (χ1n) is 8.59. The molecule has 1 atom stereocenters. The average molecular weight is 430 g/mol. The van der Waals surface area contributed by atoms with Gasteiger partial charge >= 0.3 is 0 Å². The molecular weight excluding hydrogens is 406 g/mol. The van der Waals surface area contributed by atoms with Gasteiger partial charge in [0.15, 0.2) is 0 Å². The molecule has 27 heavy (non-hydrogen) atoms. The van der Waals surface area contributed by atoms with E-state index >= 15 is 0 Å². The lowest BCUT2D eigenvalue weighted by Crippen LogP contribution is -2.30. The van der Waals surface area contributed by atoms with Gasteiger partial charge in [0.05, 0.1) is 0 Å². The van der Waals surface area contributed by atoms with Gasteiger partial charge in [-0.25, -0.2) is 13.1 Å². The van der Waals surface area contributed by atoms with Crippen LogP contribution in [0.2, 0.25) is 0 Å². The van der Waals surface area contributed by atoms with Gasteiger partial charge in [0.2, 0.25) is 5.91 Å². The van der Waals surface area contributed by atoms with Crippen LogP contribution in [0.25, 0.3) is 0 Å². The fourth-order valence-electron chi connectivity index (χ4n) is 3.20. The number of sulfonamides is 1. The molecule has 2 aromatic rings. The van der Waals surface area contributed by atoms with Crippen molar-refractivity contribution in [1.82, 2.24) is 10.0 Å². The second-order valence-corrected chi connectivity index (χ2v) is 9.59. The zero-order chi connectivity index (χ0) is 18.7. The molecule has 1 amide bonds. The first-order chi connectivity index (χ1) is 12.3. The fraction of sp³-hybridized carbons (Fsp3) is 0.389. The Labute approximate surface area is 170 Å². The van der Waals surface area contributed by atoms with Crippen LogP contribution in [0.15, 0.2) is 34.5 Å². The van der Waals surface area contributed by atoms with Crippen LogP contribution in [0.5, 0.6) is 0 Å². The number of amides is 1. The molecule has 0 saturated carbocycles. The predicted octanol–water partition coefficient (Wildman–Crippen LogP) is 2.79. The number of thiophene rings is 1. The quantitative estimate of drug-likeness (QED) is 0.614. The Balaban J connectivity index is 0.00000261. The number of nitrogens with one attached hydrogen (secondary N) is 2. The summed E-state index contributed by atoms with van der Waals surface area (Å²) in [4.78, 5) is 11.8. The molecule has 0 fully saturated rings. The SMILES string of the molecule is CC(=O)NCCc1ccc(S(=O)(=O)NC2CCCc3cc(N)ccc32)s1.Cl. The zero-order valence-electron chi connectivity index (χ0n) is 15.0. The van der Waals surface area contributed by atoms with Gasteiger partial charge in [0, 0.05) is 30.1 Å². The summed E-state index contributed by atoms with van der Waals surface area (Å²) in [7, 11) is -3.58. The molecule has 0 radical (unpaired) electrons. The number of anilines is 1. The molecule has 0 saturated heterocycles. The zero-order valence-corrected chi connectivity index (χ0v) is 17.5. The molecule has 1 unspecified atom stereocenters. The lowest BCUT2D eigenvalue weighted by atomic mass is 9.88. The number of carbonyl (C=O) groups excluding carboxylic acids is 1. The standard InChI is InChI=1S/C18H23N3O3S2.ClH/c1-12(22)20-10-9-15-6-8-18(25-15)26(23,24)21-17-4-2-3-13-11-14(19)5-7-16(13)17;/h5-8,11,17,21H,2-4,9-10,19H2,1H3,(H,20,22);1H. The number of nitrogen functional groups attached to an aromatic ring is 1. The molecule has 148 valence electrons. The molecule has 1 aliphatic rings. The summed E-state index contributed by atoms with van der Waals surface area (Å²) in [5, 5.41) is 2.72. The molecule has 9 heteroatoms. The van der Waals surface area contributed by atoms with Crippen molar-refractivity contribution < 1.29 is 13.2 Å². The number of halogens is 1. The molecule has 4 N–H and O–H groups in total. The van der Waals surface area contributed by atoms with E-state index in [1.807, 2.05) is 18.2 Å². The van der Waals surface area contributed by atoms with Crippen molar-refractivity contribution in [1.29, 1.82) is 0 Å². The highest BCUT2D eigenvalue weighted by Gasteiger charge is 2.26.